The highest BCUT2D eigenvalue weighted by molar-refractivity contribution is 6.11. The summed E-state index contributed by atoms with van der Waals surface area (Å²) in [5.74, 6) is -0.720. The maximum Gasteiger partial charge on any atom is 0.342 e. The Morgan fingerprint density at radius 2 is 1.81 bits per heavy atom. The predicted molar refractivity (Wildman–Crippen MR) is 90.9 cm³/mol. The summed E-state index contributed by atoms with van der Waals surface area (Å²) >= 11 is 0. The van der Waals surface area contributed by atoms with E-state index in [1.54, 1.807) is 37.3 Å². The molecule has 0 amide bonds. The number of furan rings is 1. The lowest BCUT2D eigenvalue weighted by atomic mass is 10.0. The summed E-state index contributed by atoms with van der Waals surface area (Å²) in [5.41, 5.74) is -0.928. The lowest BCUT2D eigenvalue weighted by Gasteiger charge is -2.03. The van der Waals surface area contributed by atoms with E-state index in [0.717, 1.165) is 12.1 Å². The predicted octanol–water partition coefficient (Wildman–Crippen LogP) is 4.09. The van der Waals surface area contributed by atoms with Gasteiger partial charge in [0, 0.05) is 17.0 Å². The lowest BCUT2D eigenvalue weighted by molar-refractivity contribution is -0.393. The third kappa shape index (κ3) is 2.86. The van der Waals surface area contributed by atoms with Gasteiger partial charge in [-0.15, -0.1) is 0 Å². The molecular formula is C17H12N2O7. The molecule has 0 saturated carbocycles. The first-order chi connectivity index (χ1) is 12.4. The third-order valence-corrected chi connectivity index (χ3v) is 3.68. The van der Waals surface area contributed by atoms with Crippen molar-refractivity contribution in [3.05, 3.63) is 68.3 Å². The maximum atomic E-state index is 12.5. The molecule has 1 heterocycles. The van der Waals surface area contributed by atoms with Gasteiger partial charge in [-0.1, -0.05) is 30.3 Å². The fourth-order valence-corrected chi connectivity index (χ4v) is 2.61. The SMILES string of the molecule is CCOC(=O)c1c(-c2ccccc2)oc2c([N+](=O)[O-])cc([N+](=O)[O-])cc12. The van der Waals surface area contributed by atoms with Crippen molar-refractivity contribution < 1.29 is 23.8 Å². The van der Waals surface area contributed by atoms with Crippen molar-refractivity contribution >= 4 is 28.3 Å². The van der Waals surface area contributed by atoms with Crippen molar-refractivity contribution in [3.63, 3.8) is 0 Å². The molecule has 0 radical (unpaired) electrons. The number of carbonyl (C=O) groups excluding carboxylic acids is 1. The molecule has 0 spiro atoms. The van der Waals surface area contributed by atoms with E-state index in [9.17, 15) is 25.0 Å². The Morgan fingerprint density at radius 1 is 1.12 bits per heavy atom. The number of nitro benzene ring substituents is 2. The number of nitro groups is 2. The summed E-state index contributed by atoms with van der Waals surface area (Å²) in [5, 5.41) is 22.4. The average molecular weight is 356 g/mol. The molecule has 9 nitrogen and oxygen atoms in total. The molecule has 0 aliphatic carbocycles. The molecule has 26 heavy (non-hydrogen) atoms. The number of non-ortho nitro benzene ring substituents is 2. The second-order valence-electron chi connectivity index (χ2n) is 5.25. The molecular weight excluding hydrogens is 344 g/mol. The number of nitrogens with zero attached hydrogens (tertiary/aromatic N) is 2. The minimum absolute atomic E-state index is 0.0387. The van der Waals surface area contributed by atoms with E-state index in [1.807, 2.05) is 0 Å². The van der Waals surface area contributed by atoms with Gasteiger partial charge in [-0.05, 0) is 6.92 Å². The van der Waals surface area contributed by atoms with Gasteiger partial charge in [0.25, 0.3) is 5.69 Å². The quantitative estimate of drug-likeness (QED) is 0.383. The first-order valence-electron chi connectivity index (χ1n) is 7.56. The van der Waals surface area contributed by atoms with E-state index in [2.05, 4.69) is 0 Å². The van der Waals surface area contributed by atoms with Crippen LogP contribution in [0.15, 0.2) is 46.9 Å². The van der Waals surface area contributed by atoms with Gasteiger partial charge in [0.1, 0.15) is 11.3 Å². The maximum absolute atomic E-state index is 12.5. The monoisotopic (exact) mass is 356 g/mol. The molecule has 132 valence electrons. The Balaban J connectivity index is 2.42. The summed E-state index contributed by atoms with van der Waals surface area (Å²) < 4.78 is 10.6. The molecule has 0 atom stereocenters. The number of esters is 1. The number of ether oxygens (including phenoxy) is 1. The average Bonchev–Trinajstić information content (AvgIpc) is 3.01. The zero-order valence-electron chi connectivity index (χ0n) is 13.5. The summed E-state index contributed by atoms with van der Waals surface area (Å²) in [6.45, 7) is 1.67. The molecule has 1 aromatic heterocycles. The van der Waals surface area contributed by atoms with Gasteiger partial charge in [-0.2, -0.15) is 0 Å². The Hall–Kier alpha value is -3.75. The van der Waals surface area contributed by atoms with Crippen LogP contribution in [0.4, 0.5) is 11.4 Å². The van der Waals surface area contributed by atoms with E-state index in [-0.39, 0.29) is 28.9 Å². The van der Waals surface area contributed by atoms with Crippen LogP contribution in [-0.2, 0) is 4.74 Å². The van der Waals surface area contributed by atoms with E-state index < -0.39 is 27.2 Å². The first kappa shape index (κ1) is 17.1. The van der Waals surface area contributed by atoms with Crippen molar-refractivity contribution in [2.24, 2.45) is 0 Å². The minimum atomic E-state index is -0.789. The van der Waals surface area contributed by atoms with Crippen LogP contribution < -0.4 is 0 Å². The Bertz CT molecular complexity index is 1020. The van der Waals surface area contributed by atoms with Crippen LogP contribution in [0, 0.1) is 20.2 Å². The molecule has 2 aromatic carbocycles. The largest absolute Gasteiger partial charge is 0.462 e. The first-order valence-corrected chi connectivity index (χ1v) is 7.56. The second-order valence-corrected chi connectivity index (χ2v) is 5.25. The normalized spacial score (nSPS) is 10.7. The van der Waals surface area contributed by atoms with Crippen molar-refractivity contribution in [1.82, 2.24) is 0 Å². The highest BCUT2D eigenvalue weighted by Gasteiger charge is 2.30. The van der Waals surface area contributed by atoms with Crippen LogP contribution in [-0.4, -0.2) is 22.4 Å². The van der Waals surface area contributed by atoms with Crippen LogP contribution in [0.1, 0.15) is 17.3 Å². The molecule has 0 N–H and O–H groups in total. The topological polar surface area (TPSA) is 126 Å². The number of benzene rings is 2. The van der Waals surface area contributed by atoms with Gasteiger partial charge >= 0.3 is 11.7 Å². The van der Waals surface area contributed by atoms with Crippen molar-refractivity contribution in [2.45, 2.75) is 6.92 Å². The molecule has 0 aliphatic rings. The lowest BCUT2D eigenvalue weighted by Crippen LogP contribution is -2.05. The zero-order chi connectivity index (χ0) is 18.8. The van der Waals surface area contributed by atoms with Crippen LogP contribution in [0.25, 0.3) is 22.3 Å². The minimum Gasteiger partial charge on any atom is -0.462 e. The summed E-state index contributed by atoms with van der Waals surface area (Å²) in [6.07, 6.45) is 0. The van der Waals surface area contributed by atoms with Gasteiger partial charge < -0.3 is 9.15 Å². The van der Waals surface area contributed by atoms with Crippen molar-refractivity contribution in [3.8, 4) is 11.3 Å². The Morgan fingerprint density at radius 3 is 2.38 bits per heavy atom. The zero-order valence-corrected chi connectivity index (χ0v) is 13.5. The summed E-state index contributed by atoms with van der Waals surface area (Å²) in [6, 6.07) is 10.3. The number of hydrogen-bond donors (Lipinski definition) is 0. The highest BCUT2D eigenvalue weighted by Crippen LogP contribution is 2.40. The van der Waals surface area contributed by atoms with Gasteiger partial charge in [0.05, 0.1) is 22.5 Å². The second kappa shape index (κ2) is 6.63. The van der Waals surface area contributed by atoms with E-state index in [1.165, 1.54) is 0 Å². The molecule has 0 unspecified atom stereocenters. The van der Waals surface area contributed by atoms with E-state index >= 15 is 0 Å². The van der Waals surface area contributed by atoms with Gasteiger partial charge in [0.15, 0.2) is 0 Å². The molecule has 0 bridgehead atoms. The molecule has 0 fully saturated rings. The van der Waals surface area contributed by atoms with Crippen LogP contribution in [0.5, 0.6) is 0 Å². The Labute approximate surface area is 146 Å². The van der Waals surface area contributed by atoms with E-state index in [4.69, 9.17) is 9.15 Å². The molecule has 3 rings (SSSR count). The van der Waals surface area contributed by atoms with Crippen LogP contribution >= 0.6 is 0 Å². The smallest absolute Gasteiger partial charge is 0.342 e. The van der Waals surface area contributed by atoms with E-state index in [0.29, 0.717) is 5.56 Å². The Kier molecular flexibility index (Phi) is 4.36. The number of hydrogen-bond acceptors (Lipinski definition) is 7. The summed E-state index contributed by atoms with van der Waals surface area (Å²) in [7, 11) is 0. The molecule has 0 aliphatic heterocycles. The standard InChI is InChI=1S/C17H12N2O7/c1-2-25-17(20)14-12-8-11(18(21)22)9-13(19(23)24)16(12)26-15(14)10-6-4-3-5-7-10/h3-9H,2H2,1H3. The highest BCUT2D eigenvalue weighted by atomic mass is 16.6. The van der Waals surface area contributed by atoms with Gasteiger partial charge in [0.2, 0.25) is 5.58 Å². The molecule has 3 aromatic rings. The van der Waals surface area contributed by atoms with Crippen molar-refractivity contribution in [2.75, 3.05) is 6.61 Å². The number of rotatable bonds is 5. The van der Waals surface area contributed by atoms with Crippen molar-refractivity contribution in [1.29, 1.82) is 0 Å². The molecule has 9 heteroatoms. The van der Waals surface area contributed by atoms with Crippen LogP contribution in [0.3, 0.4) is 0 Å². The third-order valence-electron chi connectivity index (χ3n) is 3.68. The fraction of sp³-hybridized carbons (Fsp3) is 0.118. The van der Waals surface area contributed by atoms with Crippen LogP contribution in [0.2, 0.25) is 0 Å². The number of carbonyl (C=O) groups is 1. The van der Waals surface area contributed by atoms with Gasteiger partial charge in [-0.3, -0.25) is 20.2 Å². The molecule has 0 saturated heterocycles. The number of fused-ring (bicyclic) bond motifs is 1. The fourth-order valence-electron chi connectivity index (χ4n) is 2.61. The van der Waals surface area contributed by atoms with Gasteiger partial charge in [-0.25, -0.2) is 4.79 Å². The summed E-state index contributed by atoms with van der Waals surface area (Å²) in [4.78, 5) is 33.4.